The minimum atomic E-state index is -0.419. The molecule has 1 aromatic carbocycles. The fourth-order valence-electron chi connectivity index (χ4n) is 2.45. The van der Waals surface area contributed by atoms with Gasteiger partial charge in [-0.1, -0.05) is 11.2 Å². The van der Waals surface area contributed by atoms with Crippen molar-refractivity contribution in [2.24, 2.45) is 0 Å². The van der Waals surface area contributed by atoms with E-state index in [2.05, 4.69) is 20.1 Å². The molecule has 4 aromatic rings. The number of rotatable bonds is 3. The van der Waals surface area contributed by atoms with Crippen LogP contribution in [0.5, 0.6) is 0 Å². The first-order chi connectivity index (χ1) is 12.7. The second-order valence-electron chi connectivity index (χ2n) is 5.44. The van der Waals surface area contributed by atoms with E-state index in [1.54, 1.807) is 36.7 Å². The van der Waals surface area contributed by atoms with E-state index in [0.717, 1.165) is 5.56 Å². The Morgan fingerprint density at radius 3 is 2.46 bits per heavy atom. The Bertz CT molecular complexity index is 1110. The highest BCUT2D eigenvalue weighted by Gasteiger charge is 2.14. The number of nitriles is 1. The molecule has 0 aliphatic heterocycles. The zero-order valence-electron chi connectivity index (χ0n) is 14.1. The third-order valence-electron chi connectivity index (χ3n) is 3.69. The lowest BCUT2D eigenvalue weighted by molar-refractivity contribution is 0.432. The minimum absolute atomic E-state index is 0. The summed E-state index contributed by atoms with van der Waals surface area (Å²) in [6, 6.07) is 13.3. The number of benzene rings is 1. The van der Waals surface area contributed by atoms with Gasteiger partial charge in [-0.05, 0) is 42.0 Å². The standard InChI is InChI=1S/C19H10FN5O.2ClH/c20-16-7-14(13-2-1-5-22-11-13)6-15(8-16)19-24-18(25-26-19)17-4-3-12(9-21)10-23-17;;/h1-8,10-11H;2*1H. The molecule has 4 rings (SSSR count). The number of nitrogens with zero attached hydrogens (tertiary/aromatic N) is 5. The van der Waals surface area contributed by atoms with Crippen LogP contribution in [-0.4, -0.2) is 20.1 Å². The quantitative estimate of drug-likeness (QED) is 0.481. The Hall–Kier alpha value is -3.34. The molecular weight excluding hydrogens is 404 g/mol. The Labute approximate surface area is 171 Å². The predicted molar refractivity (Wildman–Crippen MR) is 105 cm³/mol. The molecule has 0 saturated carbocycles. The van der Waals surface area contributed by atoms with Crippen LogP contribution < -0.4 is 0 Å². The molecule has 0 bridgehead atoms. The fourth-order valence-corrected chi connectivity index (χ4v) is 2.45. The SMILES string of the molecule is Cl.Cl.N#Cc1ccc(-c2noc(-c3cc(F)cc(-c4cccnc4)c3)n2)nc1. The van der Waals surface area contributed by atoms with Gasteiger partial charge in [0.25, 0.3) is 5.89 Å². The number of pyridine rings is 2. The van der Waals surface area contributed by atoms with Crippen molar-refractivity contribution in [3.63, 3.8) is 0 Å². The number of aromatic nitrogens is 4. The van der Waals surface area contributed by atoms with Gasteiger partial charge >= 0.3 is 0 Å². The Kier molecular flexibility index (Phi) is 6.77. The van der Waals surface area contributed by atoms with E-state index in [0.29, 0.717) is 22.4 Å². The summed E-state index contributed by atoms with van der Waals surface area (Å²) >= 11 is 0. The van der Waals surface area contributed by atoms with Crippen molar-refractivity contribution in [2.75, 3.05) is 0 Å². The summed E-state index contributed by atoms with van der Waals surface area (Å²) in [6.07, 6.45) is 4.73. The molecule has 0 N–H and O–H groups in total. The first-order valence-corrected chi connectivity index (χ1v) is 7.64. The van der Waals surface area contributed by atoms with Gasteiger partial charge in [-0.2, -0.15) is 10.2 Å². The summed E-state index contributed by atoms with van der Waals surface area (Å²) < 4.78 is 19.3. The van der Waals surface area contributed by atoms with E-state index in [1.807, 2.05) is 12.1 Å². The molecule has 9 heteroatoms. The summed E-state index contributed by atoms with van der Waals surface area (Å²) in [5.74, 6) is 0.0186. The van der Waals surface area contributed by atoms with Crippen LogP contribution >= 0.6 is 24.8 Å². The van der Waals surface area contributed by atoms with Gasteiger partial charge in [0.1, 0.15) is 17.6 Å². The van der Waals surface area contributed by atoms with E-state index < -0.39 is 5.82 Å². The van der Waals surface area contributed by atoms with Crippen molar-refractivity contribution >= 4 is 24.8 Å². The molecule has 0 fully saturated rings. The van der Waals surface area contributed by atoms with Gasteiger partial charge < -0.3 is 4.52 Å². The molecular formula is C19H12Cl2FN5O. The largest absolute Gasteiger partial charge is 0.334 e. The molecule has 0 amide bonds. The average molecular weight is 416 g/mol. The van der Waals surface area contributed by atoms with Gasteiger partial charge in [-0.25, -0.2) is 4.39 Å². The van der Waals surface area contributed by atoms with Gasteiger partial charge in [0.15, 0.2) is 0 Å². The van der Waals surface area contributed by atoms with E-state index in [1.165, 1.54) is 18.3 Å². The summed E-state index contributed by atoms with van der Waals surface area (Å²) in [4.78, 5) is 12.4. The van der Waals surface area contributed by atoms with Gasteiger partial charge in [-0.15, -0.1) is 24.8 Å². The van der Waals surface area contributed by atoms with Crippen LogP contribution in [0.25, 0.3) is 34.1 Å². The molecule has 28 heavy (non-hydrogen) atoms. The predicted octanol–water partition coefficient (Wildman–Crippen LogP) is 4.71. The Morgan fingerprint density at radius 1 is 0.964 bits per heavy atom. The lowest BCUT2D eigenvalue weighted by atomic mass is 10.0. The van der Waals surface area contributed by atoms with Gasteiger partial charge in [0, 0.05) is 29.7 Å². The number of halogens is 3. The highest BCUT2D eigenvalue weighted by Crippen LogP contribution is 2.27. The smallest absolute Gasteiger partial charge is 0.258 e. The number of hydrogen-bond donors (Lipinski definition) is 0. The maximum Gasteiger partial charge on any atom is 0.258 e. The van der Waals surface area contributed by atoms with Crippen LogP contribution in [0.4, 0.5) is 4.39 Å². The van der Waals surface area contributed by atoms with Crippen LogP contribution in [0.1, 0.15) is 5.56 Å². The van der Waals surface area contributed by atoms with Crippen LogP contribution in [0.2, 0.25) is 0 Å². The molecule has 0 atom stereocenters. The molecule has 140 valence electrons. The van der Waals surface area contributed by atoms with Crippen LogP contribution in [0, 0.1) is 17.1 Å². The molecule has 0 radical (unpaired) electrons. The van der Waals surface area contributed by atoms with Crippen molar-refractivity contribution in [3.8, 4) is 40.2 Å². The maximum atomic E-state index is 14.1. The molecule has 0 spiro atoms. The second kappa shape index (κ2) is 9.04. The summed E-state index contributed by atoms with van der Waals surface area (Å²) in [7, 11) is 0. The molecule has 0 unspecified atom stereocenters. The summed E-state index contributed by atoms with van der Waals surface area (Å²) in [5.41, 5.74) is 2.79. The average Bonchev–Trinajstić information content (AvgIpc) is 3.18. The Morgan fingerprint density at radius 2 is 1.79 bits per heavy atom. The van der Waals surface area contributed by atoms with E-state index >= 15 is 0 Å². The fraction of sp³-hybridized carbons (Fsp3) is 0. The molecule has 3 aromatic heterocycles. The van der Waals surface area contributed by atoms with Crippen molar-refractivity contribution in [3.05, 3.63) is 72.4 Å². The van der Waals surface area contributed by atoms with E-state index in [-0.39, 0.29) is 36.5 Å². The van der Waals surface area contributed by atoms with Crippen molar-refractivity contribution < 1.29 is 8.91 Å². The van der Waals surface area contributed by atoms with Crippen LogP contribution in [-0.2, 0) is 0 Å². The summed E-state index contributed by atoms with van der Waals surface area (Å²) in [6.45, 7) is 0. The highest BCUT2D eigenvalue weighted by molar-refractivity contribution is 5.85. The normalized spacial score (nSPS) is 9.71. The first kappa shape index (κ1) is 21.0. The lowest BCUT2D eigenvalue weighted by Gasteiger charge is -2.03. The van der Waals surface area contributed by atoms with Crippen LogP contribution in [0.15, 0.2) is 65.6 Å². The second-order valence-corrected chi connectivity index (χ2v) is 5.44. The molecule has 6 nitrogen and oxygen atoms in total. The minimum Gasteiger partial charge on any atom is -0.334 e. The van der Waals surface area contributed by atoms with Crippen molar-refractivity contribution in [1.82, 2.24) is 20.1 Å². The molecule has 0 aliphatic rings. The first-order valence-electron chi connectivity index (χ1n) is 7.64. The molecule has 3 heterocycles. The monoisotopic (exact) mass is 415 g/mol. The van der Waals surface area contributed by atoms with Crippen LogP contribution in [0.3, 0.4) is 0 Å². The zero-order valence-corrected chi connectivity index (χ0v) is 15.7. The topological polar surface area (TPSA) is 88.5 Å². The van der Waals surface area contributed by atoms with E-state index in [9.17, 15) is 4.39 Å². The zero-order chi connectivity index (χ0) is 17.9. The van der Waals surface area contributed by atoms with Gasteiger partial charge in [0.05, 0.1) is 5.56 Å². The van der Waals surface area contributed by atoms with Gasteiger partial charge in [0.2, 0.25) is 5.82 Å². The van der Waals surface area contributed by atoms with Gasteiger partial charge in [-0.3, -0.25) is 9.97 Å². The lowest BCUT2D eigenvalue weighted by Crippen LogP contribution is -1.88. The molecule has 0 aliphatic carbocycles. The van der Waals surface area contributed by atoms with E-state index in [4.69, 9.17) is 9.78 Å². The highest BCUT2D eigenvalue weighted by atomic mass is 35.5. The third-order valence-corrected chi connectivity index (χ3v) is 3.69. The van der Waals surface area contributed by atoms with Crippen molar-refractivity contribution in [2.45, 2.75) is 0 Å². The Balaban J connectivity index is 0.00000140. The molecule has 0 saturated heterocycles. The number of hydrogen-bond acceptors (Lipinski definition) is 6. The summed E-state index contributed by atoms with van der Waals surface area (Å²) in [5, 5.41) is 12.7. The maximum absolute atomic E-state index is 14.1. The van der Waals surface area contributed by atoms with Crippen molar-refractivity contribution in [1.29, 1.82) is 5.26 Å². The third kappa shape index (κ3) is 4.31.